The lowest BCUT2D eigenvalue weighted by atomic mass is 9.96. The molecule has 2 heterocycles. The molecule has 110 valence electrons. The molecule has 2 rings (SSSR count). The quantitative estimate of drug-likeness (QED) is 0.826. The van der Waals surface area contributed by atoms with Gasteiger partial charge in [-0.1, -0.05) is 13.0 Å². The van der Waals surface area contributed by atoms with E-state index in [-0.39, 0.29) is 5.92 Å². The number of pyridine rings is 1. The van der Waals surface area contributed by atoms with Crippen molar-refractivity contribution >= 4 is 5.91 Å². The molecule has 1 aliphatic heterocycles. The summed E-state index contributed by atoms with van der Waals surface area (Å²) in [6.45, 7) is 5.64. The van der Waals surface area contributed by atoms with Crippen molar-refractivity contribution in [3.8, 4) is 0 Å². The minimum absolute atomic E-state index is 0.164. The van der Waals surface area contributed by atoms with E-state index < -0.39 is 0 Å². The summed E-state index contributed by atoms with van der Waals surface area (Å²) in [5.74, 6) is 0.472. The van der Waals surface area contributed by atoms with E-state index in [2.05, 4.69) is 23.9 Å². The first-order valence-corrected chi connectivity index (χ1v) is 7.57. The molecule has 1 saturated heterocycles. The van der Waals surface area contributed by atoms with Gasteiger partial charge >= 0.3 is 0 Å². The number of hydrogen-bond donors (Lipinski definition) is 0. The second-order valence-corrected chi connectivity index (χ2v) is 5.72. The second kappa shape index (κ2) is 7.39. The van der Waals surface area contributed by atoms with E-state index in [1.54, 1.807) is 6.20 Å². The summed E-state index contributed by atoms with van der Waals surface area (Å²) in [7, 11) is 2.10. The summed E-state index contributed by atoms with van der Waals surface area (Å²) < 4.78 is 0. The van der Waals surface area contributed by atoms with Gasteiger partial charge in [0.25, 0.3) is 0 Å². The summed E-state index contributed by atoms with van der Waals surface area (Å²) in [4.78, 5) is 21.1. The molecule has 0 bridgehead atoms. The first-order valence-electron chi connectivity index (χ1n) is 7.57. The largest absolute Gasteiger partial charge is 0.338 e. The van der Waals surface area contributed by atoms with Gasteiger partial charge in [0.2, 0.25) is 5.91 Å². The molecular formula is C16H25N3O. The van der Waals surface area contributed by atoms with Crippen LogP contribution in [0.2, 0.25) is 0 Å². The standard InChI is InChI=1S/C16H25N3O/c1-3-9-19(12-14-6-4-8-17-11-14)16(20)15-7-5-10-18(2)13-15/h4,6,8,11,15H,3,5,7,9-10,12-13H2,1-2H3/t15-/m0/s1. The van der Waals surface area contributed by atoms with Gasteiger partial charge in [-0.3, -0.25) is 9.78 Å². The highest BCUT2D eigenvalue weighted by molar-refractivity contribution is 5.79. The third-order valence-electron chi connectivity index (χ3n) is 3.88. The molecule has 1 fully saturated rings. The summed E-state index contributed by atoms with van der Waals surface area (Å²) in [5, 5.41) is 0. The Balaban J connectivity index is 2.01. The first-order chi connectivity index (χ1) is 9.70. The molecule has 1 aliphatic rings. The molecule has 0 radical (unpaired) electrons. The minimum atomic E-state index is 0.164. The average Bonchev–Trinajstić information content (AvgIpc) is 2.47. The first kappa shape index (κ1) is 15.0. The zero-order valence-electron chi connectivity index (χ0n) is 12.6. The topological polar surface area (TPSA) is 36.4 Å². The Morgan fingerprint density at radius 1 is 1.55 bits per heavy atom. The maximum absolute atomic E-state index is 12.7. The van der Waals surface area contributed by atoms with Gasteiger partial charge in [-0.15, -0.1) is 0 Å². The SMILES string of the molecule is CCCN(Cc1cccnc1)C(=O)[C@H]1CCCN(C)C1. The lowest BCUT2D eigenvalue weighted by Gasteiger charge is -2.33. The van der Waals surface area contributed by atoms with Gasteiger partial charge in [0.1, 0.15) is 0 Å². The van der Waals surface area contributed by atoms with Crippen LogP contribution in [0.5, 0.6) is 0 Å². The summed E-state index contributed by atoms with van der Waals surface area (Å²) in [5.41, 5.74) is 1.11. The van der Waals surface area contributed by atoms with E-state index in [1.807, 2.05) is 23.2 Å². The highest BCUT2D eigenvalue weighted by atomic mass is 16.2. The number of carbonyl (C=O) groups is 1. The van der Waals surface area contributed by atoms with Crippen LogP contribution in [0.1, 0.15) is 31.7 Å². The smallest absolute Gasteiger partial charge is 0.227 e. The predicted octanol–water partition coefficient (Wildman–Crippen LogP) is 2.16. The van der Waals surface area contributed by atoms with Crippen molar-refractivity contribution in [2.24, 2.45) is 5.92 Å². The number of nitrogens with zero attached hydrogens (tertiary/aromatic N) is 3. The van der Waals surface area contributed by atoms with Crippen LogP contribution in [0.4, 0.5) is 0 Å². The predicted molar refractivity (Wildman–Crippen MR) is 80.2 cm³/mol. The Kier molecular flexibility index (Phi) is 5.53. The second-order valence-electron chi connectivity index (χ2n) is 5.72. The Hall–Kier alpha value is -1.42. The van der Waals surface area contributed by atoms with E-state index in [0.29, 0.717) is 12.5 Å². The van der Waals surface area contributed by atoms with Crippen LogP contribution in [0, 0.1) is 5.92 Å². The number of amides is 1. The van der Waals surface area contributed by atoms with Crippen LogP contribution >= 0.6 is 0 Å². The van der Waals surface area contributed by atoms with E-state index in [0.717, 1.165) is 44.5 Å². The third kappa shape index (κ3) is 4.04. The zero-order chi connectivity index (χ0) is 14.4. The summed E-state index contributed by atoms with van der Waals surface area (Å²) in [6.07, 6.45) is 6.76. The van der Waals surface area contributed by atoms with Gasteiger partial charge in [0, 0.05) is 32.0 Å². The lowest BCUT2D eigenvalue weighted by molar-refractivity contribution is -0.137. The van der Waals surface area contributed by atoms with Crippen LogP contribution in [-0.4, -0.2) is 47.4 Å². The highest BCUT2D eigenvalue weighted by Crippen LogP contribution is 2.19. The third-order valence-corrected chi connectivity index (χ3v) is 3.88. The van der Waals surface area contributed by atoms with E-state index >= 15 is 0 Å². The van der Waals surface area contributed by atoms with Crippen LogP contribution in [-0.2, 0) is 11.3 Å². The van der Waals surface area contributed by atoms with E-state index in [1.165, 1.54) is 0 Å². The van der Waals surface area contributed by atoms with Crippen LogP contribution in [0.25, 0.3) is 0 Å². The number of carbonyl (C=O) groups excluding carboxylic acids is 1. The van der Waals surface area contributed by atoms with E-state index in [4.69, 9.17) is 0 Å². The molecule has 0 aliphatic carbocycles. The Morgan fingerprint density at radius 3 is 3.05 bits per heavy atom. The maximum atomic E-state index is 12.7. The molecule has 0 unspecified atom stereocenters. The number of piperidine rings is 1. The van der Waals surface area contributed by atoms with Crippen LogP contribution in [0.15, 0.2) is 24.5 Å². The van der Waals surface area contributed by atoms with Gasteiger partial charge in [-0.2, -0.15) is 0 Å². The molecule has 0 saturated carbocycles. The fourth-order valence-corrected chi connectivity index (χ4v) is 2.88. The number of hydrogen-bond acceptors (Lipinski definition) is 3. The van der Waals surface area contributed by atoms with Crippen molar-refractivity contribution in [3.05, 3.63) is 30.1 Å². The zero-order valence-corrected chi connectivity index (χ0v) is 12.6. The maximum Gasteiger partial charge on any atom is 0.227 e. The van der Waals surface area contributed by atoms with Crippen molar-refractivity contribution in [2.45, 2.75) is 32.7 Å². The molecule has 1 amide bonds. The van der Waals surface area contributed by atoms with Gasteiger partial charge in [0.15, 0.2) is 0 Å². The van der Waals surface area contributed by atoms with Crippen LogP contribution in [0.3, 0.4) is 0 Å². The number of rotatable bonds is 5. The molecule has 0 aromatic carbocycles. The molecular weight excluding hydrogens is 250 g/mol. The molecule has 1 aromatic rings. The average molecular weight is 275 g/mol. The van der Waals surface area contributed by atoms with Crippen molar-refractivity contribution in [3.63, 3.8) is 0 Å². The Labute approximate surface area is 121 Å². The van der Waals surface area contributed by atoms with Crippen molar-refractivity contribution in [2.75, 3.05) is 26.7 Å². The Bertz CT molecular complexity index is 421. The Morgan fingerprint density at radius 2 is 2.40 bits per heavy atom. The van der Waals surface area contributed by atoms with Crippen LogP contribution < -0.4 is 0 Å². The molecule has 0 N–H and O–H groups in total. The minimum Gasteiger partial charge on any atom is -0.338 e. The van der Waals surface area contributed by atoms with Crippen molar-refractivity contribution in [1.82, 2.24) is 14.8 Å². The molecule has 0 spiro atoms. The molecule has 4 nitrogen and oxygen atoms in total. The number of aromatic nitrogens is 1. The number of likely N-dealkylation sites (tertiary alicyclic amines) is 1. The highest BCUT2D eigenvalue weighted by Gasteiger charge is 2.27. The van der Waals surface area contributed by atoms with Crippen molar-refractivity contribution < 1.29 is 4.79 Å². The summed E-state index contributed by atoms with van der Waals surface area (Å²) in [6, 6.07) is 3.97. The van der Waals surface area contributed by atoms with Gasteiger partial charge < -0.3 is 9.80 Å². The van der Waals surface area contributed by atoms with Gasteiger partial charge in [0.05, 0.1) is 5.92 Å². The monoisotopic (exact) mass is 275 g/mol. The van der Waals surface area contributed by atoms with Gasteiger partial charge in [-0.25, -0.2) is 0 Å². The fraction of sp³-hybridized carbons (Fsp3) is 0.625. The molecule has 1 atom stereocenters. The summed E-state index contributed by atoms with van der Waals surface area (Å²) >= 11 is 0. The van der Waals surface area contributed by atoms with Crippen molar-refractivity contribution in [1.29, 1.82) is 0 Å². The molecule has 1 aromatic heterocycles. The van der Waals surface area contributed by atoms with E-state index in [9.17, 15) is 4.79 Å². The lowest BCUT2D eigenvalue weighted by Crippen LogP contribution is -2.43. The fourth-order valence-electron chi connectivity index (χ4n) is 2.88. The van der Waals surface area contributed by atoms with Gasteiger partial charge in [-0.05, 0) is 44.5 Å². The normalized spacial score (nSPS) is 19.8. The molecule has 20 heavy (non-hydrogen) atoms. The molecule has 4 heteroatoms.